The van der Waals surface area contributed by atoms with Crippen LogP contribution in [0.15, 0.2) is 6.20 Å². The third kappa shape index (κ3) is 2.53. The lowest BCUT2D eigenvalue weighted by Crippen LogP contribution is -2.35. The van der Waals surface area contributed by atoms with E-state index in [0.717, 1.165) is 30.7 Å². The van der Waals surface area contributed by atoms with Crippen LogP contribution in [-0.2, 0) is 17.2 Å². The fourth-order valence-electron chi connectivity index (χ4n) is 2.42. The lowest BCUT2D eigenvalue weighted by Gasteiger charge is -2.30. The van der Waals surface area contributed by atoms with Gasteiger partial charge in [0, 0.05) is 36.9 Å². The van der Waals surface area contributed by atoms with Crippen molar-refractivity contribution in [3.8, 4) is 0 Å². The molecule has 17 heavy (non-hydrogen) atoms. The molecule has 1 fully saturated rings. The van der Waals surface area contributed by atoms with Gasteiger partial charge in [-0.2, -0.15) is 5.10 Å². The van der Waals surface area contributed by atoms with Crippen LogP contribution in [0.4, 0.5) is 0 Å². The van der Waals surface area contributed by atoms with Crippen molar-refractivity contribution in [1.82, 2.24) is 9.78 Å². The second-order valence-electron chi connectivity index (χ2n) is 5.95. The van der Waals surface area contributed by atoms with Crippen LogP contribution in [-0.4, -0.2) is 22.4 Å². The van der Waals surface area contributed by atoms with E-state index < -0.39 is 0 Å². The summed E-state index contributed by atoms with van der Waals surface area (Å²) in [6.07, 6.45) is 4.15. The largest absolute Gasteiger partial charge is 0.372 e. The molecule has 0 aliphatic carbocycles. The number of ether oxygens (including phenoxy) is 1. The number of aromatic nitrogens is 2. The summed E-state index contributed by atoms with van der Waals surface area (Å²) in [7, 11) is 1.95. The smallest absolute Gasteiger partial charge is 0.101 e. The Morgan fingerprint density at radius 3 is 2.76 bits per heavy atom. The van der Waals surface area contributed by atoms with Crippen LogP contribution in [0.1, 0.15) is 51.0 Å². The van der Waals surface area contributed by atoms with Crippen molar-refractivity contribution in [2.45, 2.75) is 51.2 Å². The summed E-state index contributed by atoms with van der Waals surface area (Å²) in [5.41, 5.74) is 8.45. The lowest BCUT2D eigenvalue weighted by molar-refractivity contribution is -0.000840. The lowest BCUT2D eigenvalue weighted by atomic mass is 9.86. The molecule has 1 aliphatic rings. The topological polar surface area (TPSA) is 53.1 Å². The first-order valence-corrected chi connectivity index (χ1v) is 6.31. The number of aryl methyl sites for hydroxylation is 1. The molecule has 1 saturated heterocycles. The normalized spacial score (nSPS) is 26.2. The molecule has 0 spiro atoms. The fraction of sp³-hybridized carbons (Fsp3) is 0.769. The van der Waals surface area contributed by atoms with Crippen LogP contribution < -0.4 is 5.73 Å². The van der Waals surface area contributed by atoms with Crippen molar-refractivity contribution in [2.75, 3.05) is 6.61 Å². The Bertz CT molecular complexity index is 392. The first-order valence-electron chi connectivity index (χ1n) is 6.31. The zero-order valence-electron chi connectivity index (χ0n) is 11.2. The van der Waals surface area contributed by atoms with Gasteiger partial charge < -0.3 is 10.5 Å². The number of rotatable bonds is 1. The molecule has 1 aliphatic heterocycles. The van der Waals surface area contributed by atoms with Crippen LogP contribution in [0.5, 0.6) is 0 Å². The molecule has 0 saturated carbocycles. The van der Waals surface area contributed by atoms with E-state index in [1.54, 1.807) is 0 Å². The molecule has 1 aromatic rings. The highest BCUT2D eigenvalue weighted by Gasteiger charge is 2.32. The van der Waals surface area contributed by atoms with Gasteiger partial charge in [0.2, 0.25) is 0 Å². The zero-order valence-corrected chi connectivity index (χ0v) is 11.2. The summed E-state index contributed by atoms with van der Waals surface area (Å²) in [5, 5.41) is 4.57. The van der Waals surface area contributed by atoms with Gasteiger partial charge in [-0.1, -0.05) is 20.8 Å². The molecule has 0 amide bonds. The van der Waals surface area contributed by atoms with Gasteiger partial charge in [0.25, 0.3) is 0 Å². The molecular weight excluding hydrogens is 214 g/mol. The van der Waals surface area contributed by atoms with Crippen molar-refractivity contribution < 1.29 is 4.74 Å². The monoisotopic (exact) mass is 237 g/mol. The van der Waals surface area contributed by atoms with E-state index in [9.17, 15) is 0 Å². The van der Waals surface area contributed by atoms with Gasteiger partial charge in [-0.25, -0.2) is 0 Å². The highest BCUT2D eigenvalue weighted by atomic mass is 16.5. The molecule has 4 heteroatoms. The van der Waals surface area contributed by atoms with Crippen molar-refractivity contribution in [3.05, 3.63) is 17.5 Å². The predicted octanol–water partition coefficient (Wildman–Crippen LogP) is 1.90. The van der Waals surface area contributed by atoms with E-state index in [-0.39, 0.29) is 17.6 Å². The third-order valence-electron chi connectivity index (χ3n) is 3.24. The maximum absolute atomic E-state index is 6.17. The number of hydrogen-bond donors (Lipinski definition) is 1. The summed E-state index contributed by atoms with van der Waals surface area (Å²) in [4.78, 5) is 0. The third-order valence-corrected chi connectivity index (χ3v) is 3.24. The Labute approximate surface area is 103 Å². The molecule has 2 atom stereocenters. The van der Waals surface area contributed by atoms with Crippen molar-refractivity contribution in [1.29, 1.82) is 0 Å². The standard InChI is InChI=1S/C13H23N3O/c1-13(2,3)12-9(8-16(4)15-12)11-10(14)6-5-7-17-11/h8,10-11H,5-7,14H2,1-4H3. The van der Waals surface area contributed by atoms with E-state index in [4.69, 9.17) is 10.5 Å². The molecule has 2 rings (SSSR count). The van der Waals surface area contributed by atoms with Crippen molar-refractivity contribution >= 4 is 0 Å². The molecule has 4 nitrogen and oxygen atoms in total. The Balaban J connectivity index is 2.37. The van der Waals surface area contributed by atoms with Gasteiger partial charge in [0.15, 0.2) is 0 Å². The molecule has 2 N–H and O–H groups in total. The summed E-state index contributed by atoms with van der Waals surface area (Å²) in [6.45, 7) is 7.32. The highest BCUT2D eigenvalue weighted by molar-refractivity contribution is 5.27. The molecule has 96 valence electrons. The van der Waals surface area contributed by atoms with E-state index in [0.29, 0.717) is 0 Å². The van der Waals surface area contributed by atoms with Crippen molar-refractivity contribution in [3.63, 3.8) is 0 Å². The van der Waals surface area contributed by atoms with Crippen molar-refractivity contribution in [2.24, 2.45) is 12.8 Å². The van der Waals surface area contributed by atoms with Gasteiger partial charge in [0.05, 0.1) is 5.69 Å². The second-order valence-corrected chi connectivity index (χ2v) is 5.95. The fourth-order valence-corrected chi connectivity index (χ4v) is 2.42. The average molecular weight is 237 g/mol. The van der Waals surface area contributed by atoms with E-state index >= 15 is 0 Å². The average Bonchev–Trinajstić information content (AvgIpc) is 2.60. The molecule has 0 bridgehead atoms. The number of nitrogens with zero attached hydrogens (tertiary/aromatic N) is 2. The Hall–Kier alpha value is -0.870. The van der Waals surface area contributed by atoms with E-state index in [1.807, 2.05) is 11.7 Å². The van der Waals surface area contributed by atoms with E-state index in [1.165, 1.54) is 0 Å². The predicted molar refractivity (Wildman–Crippen MR) is 67.8 cm³/mol. The molecule has 1 aromatic heterocycles. The minimum Gasteiger partial charge on any atom is -0.372 e. The van der Waals surface area contributed by atoms with Crippen LogP contribution in [0.3, 0.4) is 0 Å². The molecule has 2 heterocycles. The van der Waals surface area contributed by atoms with Gasteiger partial charge in [-0.15, -0.1) is 0 Å². The quantitative estimate of drug-likeness (QED) is 0.811. The van der Waals surface area contributed by atoms with Crippen LogP contribution >= 0.6 is 0 Å². The SMILES string of the molecule is Cn1cc(C2OCCCC2N)c(C(C)(C)C)n1. The maximum Gasteiger partial charge on any atom is 0.101 e. The van der Waals surface area contributed by atoms with Gasteiger partial charge in [-0.3, -0.25) is 4.68 Å². The molecule has 0 aromatic carbocycles. The van der Waals surface area contributed by atoms with E-state index in [2.05, 4.69) is 32.1 Å². The Kier molecular flexibility index (Phi) is 3.27. The van der Waals surface area contributed by atoms with Gasteiger partial charge >= 0.3 is 0 Å². The minimum atomic E-state index is 0.00618. The summed E-state index contributed by atoms with van der Waals surface area (Å²) < 4.78 is 7.71. The number of nitrogens with two attached hydrogens (primary N) is 1. The summed E-state index contributed by atoms with van der Waals surface area (Å²) >= 11 is 0. The number of hydrogen-bond acceptors (Lipinski definition) is 3. The van der Waals surface area contributed by atoms with Crippen LogP contribution in [0.25, 0.3) is 0 Å². The van der Waals surface area contributed by atoms with Gasteiger partial charge in [-0.05, 0) is 12.8 Å². The first kappa shape index (κ1) is 12.6. The summed E-state index contributed by atoms with van der Waals surface area (Å²) in [6, 6.07) is 0.0917. The van der Waals surface area contributed by atoms with Gasteiger partial charge in [0.1, 0.15) is 6.10 Å². The highest BCUT2D eigenvalue weighted by Crippen LogP contribution is 2.34. The Morgan fingerprint density at radius 2 is 2.18 bits per heavy atom. The first-order chi connectivity index (χ1) is 7.89. The minimum absolute atomic E-state index is 0.00618. The summed E-state index contributed by atoms with van der Waals surface area (Å²) in [5.74, 6) is 0. The van der Waals surface area contributed by atoms with Crippen LogP contribution in [0.2, 0.25) is 0 Å². The molecular formula is C13H23N3O. The Morgan fingerprint density at radius 1 is 1.47 bits per heavy atom. The maximum atomic E-state index is 6.17. The second kappa shape index (κ2) is 4.42. The molecule has 2 unspecified atom stereocenters. The molecule has 0 radical (unpaired) electrons. The van der Waals surface area contributed by atoms with Crippen LogP contribution in [0, 0.1) is 0 Å². The zero-order chi connectivity index (χ0) is 12.6.